The topological polar surface area (TPSA) is 24.6 Å². The summed E-state index contributed by atoms with van der Waals surface area (Å²) in [5.41, 5.74) is 19.8. The van der Waals surface area contributed by atoms with Crippen LogP contribution in [-0.4, -0.2) is 11.4 Å². The zero-order valence-corrected chi connectivity index (χ0v) is 41.2. The Morgan fingerprint density at radius 2 is 1.04 bits per heavy atom. The van der Waals surface area contributed by atoms with Crippen LogP contribution in [0.25, 0.3) is 61.3 Å². The first-order valence-corrected chi connectivity index (χ1v) is 24.6. The van der Waals surface area contributed by atoms with Crippen molar-refractivity contribution >= 4 is 68.0 Å². The quantitative estimate of drug-likeness (QED) is 0.155. The Bertz CT molecular complexity index is 3550. The van der Waals surface area contributed by atoms with Gasteiger partial charge in [-0.15, -0.1) is 0 Å². The smallest absolute Gasteiger partial charge is 0.333 e. The molecule has 12 rings (SSSR count). The van der Waals surface area contributed by atoms with Gasteiger partial charge in [-0.05, 0) is 116 Å². The van der Waals surface area contributed by atoms with E-state index < -0.39 is 0 Å². The molecule has 0 spiro atoms. The van der Waals surface area contributed by atoms with E-state index in [4.69, 9.17) is 4.42 Å². The Morgan fingerprint density at radius 1 is 0.493 bits per heavy atom. The normalized spacial score (nSPS) is 13.2. The predicted octanol–water partition coefficient (Wildman–Crippen LogP) is 16.3. The molecule has 10 aromatic rings. The number of para-hydroxylation sites is 2. The Morgan fingerprint density at radius 3 is 1.62 bits per heavy atom. The number of anilines is 5. The monoisotopic (exact) mass is 895 g/mol. The van der Waals surface area contributed by atoms with E-state index in [2.05, 4.69) is 265 Å². The second-order valence-corrected chi connectivity index (χ2v) is 22.2. The van der Waals surface area contributed by atoms with E-state index in [0.717, 1.165) is 62.2 Å². The summed E-state index contributed by atoms with van der Waals surface area (Å²) < 4.78 is 10.2. The van der Waals surface area contributed by atoms with Gasteiger partial charge < -0.3 is 18.7 Å². The number of fused-ring (bicyclic) bond motifs is 7. The summed E-state index contributed by atoms with van der Waals surface area (Å²) in [5, 5.41) is 2.48. The lowest BCUT2D eigenvalue weighted by Crippen LogP contribution is -2.60. The van der Waals surface area contributed by atoms with Crippen LogP contribution in [0.15, 0.2) is 192 Å². The molecular formula is C64H58BN3O. The van der Waals surface area contributed by atoms with E-state index in [1.807, 2.05) is 0 Å². The van der Waals surface area contributed by atoms with Gasteiger partial charge in [0.2, 0.25) is 0 Å². The average Bonchev–Trinajstić information content (AvgIpc) is 3.92. The zero-order valence-electron chi connectivity index (χ0n) is 41.2. The number of nitrogens with zero attached hydrogens (tertiary/aromatic N) is 3. The predicted molar refractivity (Wildman–Crippen MR) is 294 cm³/mol. The third-order valence-electron chi connectivity index (χ3n) is 14.6. The highest BCUT2D eigenvalue weighted by molar-refractivity contribution is 6.93. The molecule has 338 valence electrons. The maximum absolute atomic E-state index is 7.55. The van der Waals surface area contributed by atoms with E-state index in [1.165, 1.54) is 55.1 Å². The summed E-state index contributed by atoms with van der Waals surface area (Å²) in [6.07, 6.45) is 0. The summed E-state index contributed by atoms with van der Waals surface area (Å²) in [4.78, 5) is 5.09. The number of hydrogen-bond acceptors (Lipinski definition) is 3. The average molecular weight is 896 g/mol. The third-order valence-corrected chi connectivity index (χ3v) is 14.6. The van der Waals surface area contributed by atoms with Gasteiger partial charge >= 0.3 is 6.85 Å². The van der Waals surface area contributed by atoms with E-state index in [9.17, 15) is 0 Å². The number of benzene rings is 8. The Labute approximate surface area is 407 Å². The van der Waals surface area contributed by atoms with E-state index in [1.54, 1.807) is 0 Å². The maximum Gasteiger partial charge on any atom is 0.333 e. The minimum Gasteiger partial charge on any atom is -0.453 e. The fourth-order valence-electron chi connectivity index (χ4n) is 11.0. The van der Waals surface area contributed by atoms with Gasteiger partial charge in [-0.25, -0.2) is 0 Å². The van der Waals surface area contributed by atoms with Crippen molar-refractivity contribution in [2.24, 2.45) is 0 Å². The molecule has 0 N–H and O–H groups in total. The molecule has 0 amide bonds. The first-order valence-electron chi connectivity index (χ1n) is 24.6. The van der Waals surface area contributed by atoms with Gasteiger partial charge in [-0.2, -0.15) is 0 Å². The molecule has 2 aliphatic rings. The molecule has 2 aliphatic heterocycles. The van der Waals surface area contributed by atoms with Crippen LogP contribution in [0.4, 0.5) is 28.4 Å². The minimum absolute atomic E-state index is 0.0108. The lowest BCUT2D eigenvalue weighted by Gasteiger charge is -2.42. The highest BCUT2D eigenvalue weighted by Crippen LogP contribution is 2.55. The van der Waals surface area contributed by atoms with Gasteiger partial charge in [0.25, 0.3) is 0 Å². The molecule has 0 atom stereocenters. The highest BCUT2D eigenvalue weighted by atomic mass is 16.3. The Balaban J connectivity index is 1.27. The molecule has 0 unspecified atom stereocenters. The number of hydrogen-bond donors (Lipinski definition) is 0. The maximum atomic E-state index is 7.55. The van der Waals surface area contributed by atoms with Crippen molar-refractivity contribution in [1.82, 2.24) is 4.57 Å². The van der Waals surface area contributed by atoms with Gasteiger partial charge in [0.1, 0.15) is 5.76 Å². The second-order valence-electron chi connectivity index (χ2n) is 22.2. The first kappa shape index (κ1) is 42.8. The minimum atomic E-state index is -0.210. The lowest BCUT2D eigenvalue weighted by atomic mass is 9.44. The van der Waals surface area contributed by atoms with E-state index in [0.29, 0.717) is 0 Å². The zero-order chi connectivity index (χ0) is 47.6. The van der Waals surface area contributed by atoms with Gasteiger partial charge in [-0.3, -0.25) is 0 Å². The molecule has 0 bridgehead atoms. The largest absolute Gasteiger partial charge is 0.453 e. The molecule has 0 saturated heterocycles. The number of rotatable bonds is 6. The summed E-state index contributed by atoms with van der Waals surface area (Å²) >= 11 is 0. The molecule has 0 aliphatic carbocycles. The van der Waals surface area contributed by atoms with Crippen LogP contribution in [0.2, 0.25) is 0 Å². The highest BCUT2D eigenvalue weighted by Gasteiger charge is 2.48. The van der Waals surface area contributed by atoms with Crippen LogP contribution >= 0.6 is 0 Å². The number of furan rings is 1. The number of aromatic nitrogens is 1. The standard InChI is InChI=1S/C64H58BN3O/c1-62(2,3)43-30-33-48(34-31-43)68-59-55(41-22-14-10-15-23-41)60(42-24-16-11-17-25-42)69-61(59)50-39-45(64(7,8)9)40-54-57(50)65(68)51-35-37-53(66(46-26-18-12-19-27-46)47-28-20-13-21-29-47)56-49-38-44(63(4,5)6)32-36-52(49)67(54)58(51)56/h10-40H,1-9H3. The summed E-state index contributed by atoms with van der Waals surface area (Å²) in [6, 6.07) is 69.7. The van der Waals surface area contributed by atoms with Crippen LogP contribution in [0.1, 0.15) is 79.0 Å². The Kier molecular flexibility index (Phi) is 9.63. The van der Waals surface area contributed by atoms with E-state index in [-0.39, 0.29) is 23.1 Å². The van der Waals surface area contributed by atoms with Crippen LogP contribution in [-0.2, 0) is 16.2 Å². The van der Waals surface area contributed by atoms with Gasteiger partial charge in [0, 0.05) is 44.6 Å². The molecule has 8 aromatic carbocycles. The van der Waals surface area contributed by atoms with Gasteiger partial charge in [0.15, 0.2) is 5.76 Å². The first-order chi connectivity index (χ1) is 33.2. The summed E-state index contributed by atoms with van der Waals surface area (Å²) in [6.45, 7) is 20.7. The van der Waals surface area contributed by atoms with Gasteiger partial charge in [-0.1, -0.05) is 184 Å². The molecule has 0 fully saturated rings. The fraction of sp³-hybridized carbons (Fsp3) is 0.188. The Hall–Kier alpha value is -7.50. The van der Waals surface area contributed by atoms with Gasteiger partial charge in [0.05, 0.1) is 28.0 Å². The van der Waals surface area contributed by atoms with Crippen molar-refractivity contribution in [2.45, 2.75) is 78.6 Å². The van der Waals surface area contributed by atoms with E-state index >= 15 is 0 Å². The van der Waals surface area contributed by atoms with Crippen molar-refractivity contribution in [1.29, 1.82) is 0 Å². The van der Waals surface area contributed by atoms with Crippen LogP contribution in [0, 0.1) is 0 Å². The van der Waals surface area contributed by atoms with Crippen molar-refractivity contribution in [3.05, 3.63) is 205 Å². The van der Waals surface area contributed by atoms with Crippen molar-refractivity contribution < 1.29 is 4.42 Å². The summed E-state index contributed by atoms with van der Waals surface area (Å²) in [5.74, 6) is 1.77. The SMILES string of the molecule is CC(C)(C)c1ccc(N2B3c4c(cc(C(C)(C)C)cc4-n4c5ccc(C(C)(C)C)cc5c5c(N(c6ccccc6)c6ccccc6)ccc3c54)-c3oc(-c4ccccc4)c(-c4ccccc4)c32)cc1. The molecular weight excluding hydrogens is 838 g/mol. The van der Waals surface area contributed by atoms with Crippen LogP contribution < -0.4 is 20.6 Å². The molecule has 0 saturated carbocycles. The molecule has 4 nitrogen and oxygen atoms in total. The van der Waals surface area contributed by atoms with Crippen molar-refractivity contribution in [2.75, 3.05) is 9.71 Å². The summed E-state index contributed by atoms with van der Waals surface area (Å²) in [7, 11) is 0. The molecule has 0 radical (unpaired) electrons. The molecule has 4 heterocycles. The van der Waals surface area contributed by atoms with Crippen molar-refractivity contribution in [3.63, 3.8) is 0 Å². The second kappa shape index (κ2) is 15.5. The van der Waals surface area contributed by atoms with Crippen LogP contribution in [0.5, 0.6) is 0 Å². The fourth-order valence-corrected chi connectivity index (χ4v) is 11.0. The molecule has 2 aromatic heterocycles. The lowest BCUT2D eigenvalue weighted by molar-refractivity contribution is 0.586. The third kappa shape index (κ3) is 6.80. The molecule has 5 heteroatoms. The molecule has 69 heavy (non-hydrogen) atoms. The van der Waals surface area contributed by atoms with Crippen LogP contribution in [0.3, 0.4) is 0 Å². The van der Waals surface area contributed by atoms with Crippen molar-refractivity contribution in [3.8, 4) is 39.5 Å².